The Morgan fingerprint density at radius 3 is 2.56 bits per heavy atom. The smallest absolute Gasteiger partial charge is 0.413 e. The van der Waals surface area contributed by atoms with E-state index in [-0.39, 0.29) is 0 Å². The van der Waals surface area contributed by atoms with E-state index in [1.807, 2.05) is 26.2 Å². The molecule has 2 aromatic rings. The van der Waals surface area contributed by atoms with Crippen LogP contribution in [0.25, 0.3) is 0 Å². The highest BCUT2D eigenvalue weighted by Crippen LogP contribution is 2.31. The van der Waals surface area contributed by atoms with Gasteiger partial charge >= 0.3 is 6.09 Å². The summed E-state index contributed by atoms with van der Waals surface area (Å²) in [6.07, 6.45) is 1.78. The topological polar surface area (TPSA) is 54.5 Å². The van der Waals surface area contributed by atoms with E-state index in [0.717, 1.165) is 31.7 Å². The normalized spacial score (nSPS) is 15.9. The van der Waals surface area contributed by atoms with Crippen LogP contribution in [-0.2, 0) is 4.74 Å². The number of aromatic nitrogens is 1. The van der Waals surface area contributed by atoms with Crippen molar-refractivity contribution in [2.45, 2.75) is 45.1 Å². The van der Waals surface area contributed by atoms with Crippen molar-refractivity contribution >= 4 is 28.4 Å². The molecule has 1 N–H and O–H groups in total. The minimum absolute atomic E-state index is 0.462. The molecule has 5 nitrogen and oxygen atoms in total. The summed E-state index contributed by atoms with van der Waals surface area (Å²) in [6, 6.07) is 10.7. The number of nitrogens with one attached hydrogen (secondary N) is 1. The van der Waals surface area contributed by atoms with Gasteiger partial charge in [0.25, 0.3) is 0 Å². The maximum absolute atomic E-state index is 11.8. The third-order valence-corrected chi connectivity index (χ3v) is 4.94. The minimum Gasteiger partial charge on any atom is -0.444 e. The maximum Gasteiger partial charge on any atom is 0.413 e. The highest BCUT2D eigenvalue weighted by Gasteiger charge is 2.23. The number of piperidine rings is 1. The molecule has 25 heavy (non-hydrogen) atoms. The largest absolute Gasteiger partial charge is 0.444 e. The number of ether oxygens (including phenoxy) is 1. The van der Waals surface area contributed by atoms with Crippen LogP contribution in [0.2, 0.25) is 0 Å². The van der Waals surface area contributed by atoms with Crippen LogP contribution in [0.1, 0.15) is 45.1 Å². The average Bonchev–Trinajstić information content (AvgIpc) is 3.02. The molecule has 6 heteroatoms. The Morgan fingerprint density at radius 1 is 1.24 bits per heavy atom. The van der Waals surface area contributed by atoms with Crippen molar-refractivity contribution in [1.82, 2.24) is 4.98 Å². The van der Waals surface area contributed by atoms with Crippen molar-refractivity contribution in [3.63, 3.8) is 0 Å². The summed E-state index contributed by atoms with van der Waals surface area (Å²) >= 11 is 1.43. The lowest BCUT2D eigenvalue weighted by atomic mass is 9.89. The standard InChI is InChI=1S/C19H25N3O2S/c1-19(2,3)24-18(23)21-17-20-16(13-25-17)22-11-9-15(10-12-22)14-7-5-4-6-8-14/h4-8,13,15H,9-12H2,1-3H3,(H,20,21,23). The summed E-state index contributed by atoms with van der Waals surface area (Å²) in [5.74, 6) is 1.55. The van der Waals surface area contributed by atoms with Gasteiger partial charge in [-0.1, -0.05) is 30.3 Å². The molecule has 3 rings (SSSR count). The zero-order valence-electron chi connectivity index (χ0n) is 15.0. The zero-order chi connectivity index (χ0) is 17.9. The maximum atomic E-state index is 11.8. The van der Waals surface area contributed by atoms with Gasteiger partial charge in [-0.25, -0.2) is 9.78 Å². The van der Waals surface area contributed by atoms with E-state index < -0.39 is 11.7 Å². The molecule has 0 unspecified atom stereocenters. The zero-order valence-corrected chi connectivity index (χ0v) is 15.8. The van der Waals surface area contributed by atoms with Gasteiger partial charge in [0.15, 0.2) is 5.13 Å². The molecule has 2 heterocycles. The Balaban J connectivity index is 1.54. The Kier molecular flexibility index (Phi) is 5.27. The number of hydrogen-bond donors (Lipinski definition) is 1. The Bertz CT molecular complexity index is 701. The van der Waals surface area contributed by atoms with E-state index in [1.54, 1.807) is 0 Å². The minimum atomic E-state index is -0.510. The predicted molar refractivity (Wildman–Crippen MR) is 103 cm³/mol. The number of hydrogen-bond acceptors (Lipinski definition) is 5. The van der Waals surface area contributed by atoms with Crippen molar-refractivity contribution < 1.29 is 9.53 Å². The number of rotatable bonds is 3. The second-order valence-corrected chi connectivity index (χ2v) is 8.17. The Labute approximate surface area is 153 Å². The van der Waals surface area contributed by atoms with Gasteiger partial charge in [0, 0.05) is 18.5 Å². The monoisotopic (exact) mass is 359 g/mol. The third kappa shape index (κ3) is 4.95. The van der Waals surface area contributed by atoms with Crippen molar-refractivity contribution in [1.29, 1.82) is 0 Å². The molecule has 1 aliphatic rings. The first kappa shape index (κ1) is 17.7. The first-order valence-electron chi connectivity index (χ1n) is 8.66. The first-order valence-corrected chi connectivity index (χ1v) is 9.54. The molecular formula is C19H25N3O2S. The van der Waals surface area contributed by atoms with Gasteiger partial charge in [0.05, 0.1) is 0 Å². The van der Waals surface area contributed by atoms with E-state index in [4.69, 9.17) is 4.74 Å². The lowest BCUT2D eigenvalue weighted by Gasteiger charge is -2.32. The molecule has 0 bridgehead atoms. The fraction of sp³-hybridized carbons (Fsp3) is 0.474. The highest BCUT2D eigenvalue weighted by molar-refractivity contribution is 7.14. The van der Waals surface area contributed by atoms with Crippen LogP contribution in [0.4, 0.5) is 15.7 Å². The molecule has 0 spiro atoms. The fourth-order valence-corrected chi connectivity index (χ4v) is 3.73. The van der Waals surface area contributed by atoms with Crippen LogP contribution in [0.3, 0.4) is 0 Å². The van der Waals surface area contributed by atoms with E-state index in [0.29, 0.717) is 11.0 Å². The van der Waals surface area contributed by atoms with E-state index in [2.05, 4.69) is 45.5 Å². The van der Waals surface area contributed by atoms with E-state index in [1.165, 1.54) is 16.9 Å². The second kappa shape index (κ2) is 7.44. The SMILES string of the molecule is CC(C)(C)OC(=O)Nc1nc(N2CCC(c3ccccc3)CC2)cs1. The van der Waals surface area contributed by atoms with Crippen LogP contribution in [-0.4, -0.2) is 29.8 Å². The van der Waals surface area contributed by atoms with Crippen molar-refractivity contribution in [2.24, 2.45) is 0 Å². The van der Waals surface area contributed by atoms with Crippen LogP contribution >= 0.6 is 11.3 Å². The van der Waals surface area contributed by atoms with Crippen LogP contribution < -0.4 is 10.2 Å². The molecule has 1 amide bonds. The van der Waals surface area contributed by atoms with Gasteiger partial charge in [-0.3, -0.25) is 5.32 Å². The number of thiazole rings is 1. The van der Waals surface area contributed by atoms with Gasteiger partial charge in [-0.2, -0.15) is 0 Å². The predicted octanol–water partition coefficient (Wildman–Crippen LogP) is 4.87. The summed E-state index contributed by atoms with van der Waals surface area (Å²) in [5.41, 5.74) is 0.913. The summed E-state index contributed by atoms with van der Waals surface area (Å²) in [6.45, 7) is 7.49. The number of amides is 1. The highest BCUT2D eigenvalue weighted by atomic mass is 32.1. The number of benzene rings is 1. The molecule has 1 saturated heterocycles. The van der Waals surface area contributed by atoms with Crippen LogP contribution in [0.15, 0.2) is 35.7 Å². The van der Waals surface area contributed by atoms with E-state index in [9.17, 15) is 4.79 Å². The molecule has 0 atom stereocenters. The summed E-state index contributed by atoms with van der Waals surface area (Å²) in [5, 5.41) is 5.29. The van der Waals surface area contributed by atoms with E-state index >= 15 is 0 Å². The molecule has 0 saturated carbocycles. The van der Waals surface area contributed by atoms with Gasteiger partial charge in [-0.05, 0) is 45.1 Å². The lowest BCUT2D eigenvalue weighted by Crippen LogP contribution is -2.33. The van der Waals surface area contributed by atoms with Gasteiger partial charge in [0.2, 0.25) is 0 Å². The van der Waals surface area contributed by atoms with Crippen molar-refractivity contribution in [3.05, 3.63) is 41.3 Å². The molecule has 0 aliphatic carbocycles. The molecule has 134 valence electrons. The quantitative estimate of drug-likeness (QED) is 0.849. The van der Waals surface area contributed by atoms with Crippen molar-refractivity contribution in [2.75, 3.05) is 23.3 Å². The molecule has 1 aromatic carbocycles. The average molecular weight is 359 g/mol. The Morgan fingerprint density at radius 2 is 1.92 bits per heavy atom. The molecular weight excluding hydrogens is 334 g/mol. The fourth-order valence-electron chi connectivity index (χ4n) is 3.03. The first-order chi connectivity index (χ1) is 11.9. The van der Waals surface area contributed by atoms with Gasteiger partial charge < -0.3 is 9.64 Å². The molecule has 1 fully saturated rings. The number of anilines is 2. The van der Waals surface area contributed by atoms with Gasteiger partial charge in [0.1, 0.15) is 11.4 Å². The third-order valence-electron chi connectivity index (χ3n) is 4.19. The van der Waals surface area contributed by atoms with Gasteiger partial charge in [-0.15, -0.1) is 11.3 Å². The Hall–Kier alpha value is -2.08. The summed E-state index contributed by atoms with van der Waals surface area (Å²) < 4.78 is 5.26. The summed E-state index contributed by atoms with van der Waals surface area (Å²) in [7, 11) is 0. The molecule has 0 radical (unpaired) electrons. The lowest BCUT2D eigenvalue weighted by molar-refractivity contribution is 0.0636. The number of carbonyl (C=O) groups is 1. The summed E-state index contributed by atoms with van der Waals surface area (Å²) in [4.78, 5) is 18.7. The number of carbonyl (C=O) groups excluding carboxylic acids is 1. The second-order valence-electron chi connectivity index (χ2n) is 7.31. The van der Waals surface area contributed by atoms with Crippen LogP contribution in [0, 0.1) is 0 Å². The number of nitrogens with zero attached hydrogens (tertiary/aromatic N) is 2. The van der Waals surface area contributed by atoms with Crippen molar-refractivity contribution in [3.8, 4) is 0 Å². The molecule has 1 aromatic heterocycles. The molecule has 1 aliphatic heterocycles. The van der Waals surface area contributed by atoms with Crippen LogP contribution in [0.5, 0.6) is 0 Å².